The Balaban J connectivity index is 1.20. The van der Waals surface area contributed by atoms with Gasteiger partial charge in [0.25, 0.3) is 0 Å². The highest BCUT2D eigenvalue weighted by molar-refractivity contribution is 6.30. The molecule has 3 aromatic rings. The van der Waals surface area contributed by atoms with Crippen molar-refractivity contribution < 1.29 is 18.7 Å². The summed E-state index contributed by atoms with van der Waals surface area (Å²) in [6.45, 7) is 10.6. The lowest BCUT2D eigenvalue weighted by Crippen LogP contribution is -2.42. The molecule has 2 saturated heterocycles. The Bertz CT molecular complexity index is 1350. The van der Waals surface area contributed by atoms with E-state index in [1.807, 2.05) is 30.3 Å². The molecule has 0 bridgehead atoms. The molecule has 2 aliphatic heterocycles. The molecule has 0 saturated carbocycles. The molecule has 5 rings (SSSR count). The summed E-state index contributed by atoms with van der Waals surface area (Å²) < 4.78 is 25.6. The second kappa shape index (κ2) is 12.9. The van der Waals surface area contributed by atoms with Gasteiger partial charge in [0.05, 0.1) is 12.6 Å². The van der Waals surface area contributed by atoms with Crippen molar-refractivity contribution in [2.24, 2.45) is 0 Å². The van der Waals surface area contributed by atoms with Crippen molar-refractivity contribution in [2.75, 3.05) is 37.7 Å². The fourth-order valence-electron chi connectivity index (χ4n) is 5.56. The van der Waals surface area contributed by atoms with Crippen molar-refractivity contribution in [2.45, 2.75) is 44.8 Å². The van der Waals surface area contributed by atoms with Crippen molar-refractivity contribution in [1.29, 1.82) is 0 Å². The van der Waals surface area contributed by atoms with Crippen LogP contribution in [-0.4, -0.2) is 55.1 Å². The van der Waals surface area contributed by atoms with E-state index in [2.05, 4.69) is 23.3 Å². The predicted molar refractivity (Wildman–Crippen MR) is 156 cm³/mol. The highest BCUT2D eigenvalue weighted by Gasteiger charge is 2.29. The van der Waals surface area contributed by atoms with E-state index in [1.54, 1.807) is 18.2 Å². The molecule has 0 radical (unpaired) electrons. The summed E-state index contributed by atoms with van der Waals surface area (Å²) in [5.74, 6) is 0.430. The minimum atomic E-state index is -0.386. The Morgan fingerprint density at radius 1 is 1.20 bits per heavy atom. The second-order valence-electron chi connectivity index (χ2n) is 10.6. The molecular weight excluding hydrogens is 529 g/mol. The van der Waals surface area contributed by atoms with Crippen LogP contribution >= 0.6 is 11.6 Å². The van der Waals surface area contributed by atoms with Crippen LogP contribution < -0.4 is 9.64 Å². The monoisotopic (exact) mass is 563 g/mol. The molecule has 0 amide bonds. The van der Waals surface area contributed by atoms with Gasteiger partial charge in [0, 0.05) is 58.4 Å². The molecular formula is C32H35ClFN3O3. The number of aromatic nitrogens is 1. The third kappa shape index (κ3) is 6.72. The molecule has 2 aromatic carbocycles. The molecule has 6 nitrogen and oxygen atoms in total. The maximum atomic E-state index is 14.1. The zero-order chi connectivity index (χ0) is 28.1. The van der Waals surface area contributed by atoms with E-state index in [-0.39, 0.29) is 18.5 Å². The summed E-state index contributed by atoms with van der Waals surface area (Å²) >= 11 is 5.85. The maximum absolute atomic E-state index is 14.1. The van der Waals surface area contributed by atoms with Crippen LogP contribution in [-0.2, 0) is 11.3 Å². The van der Waals surface area contributed by atoms with Gasteiger partial charge in [-0.25, -0.2) is 9.37 Å². The molecule has 2 aliphatic rings. The number of likely N-dealkylation sites (tertiary alicyclic amines) is 1. The van der Waals surface area contributed by atoms with Gasteiger partial charge < -0.3 is 14.4 Å². The average molecular weight is 564 g/mol. The number of aldehydes is 1. The van der Waals surface area contributed by atoms with E-state index >= 15 is 0 Å². The number of piperidine rings is 1. The van der Waals surface area contributed by atoms with Crippen LogP contribution in [0.5, 0.6) is 5.88 Å². The van der Waals surface area contributed by atoms with E-state index in [9.17, 15) is 9.18 Å². The molecule has 1 unspecified atom stereocenters. The number of carbonyl (C=O) groups excluding carboxylic acids is 1. The SMILES string of the molecule is C=C(CN1CCC(c2cccc(OCc3ccc(Cl)cc3F)n2)CC1)N(c1cc(C=O)ccc1C)C1CCOC1. The lowest BCUT2D eigenvalue weighted by molar-refractivity contribution is 0.112. The number of aryl methyl sites for hydroxylation is 1. The molecule has 8 heteroatoms. The Kier molecular flexibility index (Phi) is 9.15. The van der Waals surface area contributed by atoms with E-state index in [0.29, 0.717) is 34.6 Å². The summed E-state index contributed by atoms with van der Waals surface area (Å²) in [5, 5.41) is 0.360. The number of anilines is 1. The van der Waals surface area contributed by atoms with Crippen molar-refractivity contribution in [1.82, 2.24) is 9.88 Å². The molecule has 0 spiro atoms. The van der Waals surface area contributed by atoms with Crippen LogP contribution in [0.1, 0.15) is 52.4 Å². The molecule has 0 aliphatic carbocycles. The molecule has 210 valence electrons. The average Bonchev–Trinajstić information content (AvgIpc) is 3.49. The Hall–Kier alpha value is -3.26. The van der Waals surface area contributed by atoms with Crippen molar-refractivity contribution in [3.8, 4) is 5.88 Å². The lowest BCUT2D eigenvalue weighted by Gasteiger charge is -2.38. The normalized spacial score (nSPS) is 18.0. The number of halogens is 2. The summed E-state index contributed by atoms with van der Waals surface area (Å²) in [7, 11) is 0. The highest BCUT2D eigenvalue weighted by Crippen LogP contribution is 2.32. The largest absolute Gasteiger partial charge is 0.473 e. The summed E-state index contributed by atoms with van der Waals surface area (Å²) in [4.78, 5) is 20.9. The van der Waals surface area contributed by atoms with E-state index in [1.165, 1.54) is 6.07 Å². The van der Waals surface area contributed by atoms with Crippen LogP contribution in [0.4, 0.5) is 10.1 Å². The van der Waals surface area contributed by atoms with Gasteiger partial charge in [0.1, 0.15) is 18.7 Å². The number of hydrogen-bond donors (Lipinski definition) is 0. The minimum Gasteiger partial charge on any atom is -0.473 e. The lowest BCUT2D eigenvalue weighted by atomic mass is 9.93. The number of carbonyl (C=O) groups is 1. The van der Waals surface area contributed by atoms with Gasteiger partial charge in [-0.1, -0.05) is 42.4 Å². The highest BCUT2D eigenvalue weighted by atomic mass is 35.5. The second-order valence-corrected chi connectivity index (χ2v) is 11.0. The van der Waals surface area contributed by atoms with Crippen molar-refractivity contribution >= 4 is 23.6 Å². The van der Waals surface area contributed by atoms with Gasteiger partial charge >= 0.3 is 0 Å². The van der Waals surface area contributed by atoms with Gasteiger partial charge in [0.15, 0.2) is 0 Å². The van der Waals surface area contributed by atoms with Crippen LogP contribution in [0.3, 0.4) is 0 Å². The van der Waals surface area contributed by atoms with E-state index < -0.39 is 0 Å². The quantitative estimate of drug-likeness (QED) is 0.260. The molecule has 0 N–H and O–H groups in total. The molecule has 1 atom stereocenters. The zero-order valence-corrected chi connectivity index (χ0v) is 23.6. The van der Waals surface area contributed by atoms with Crippen LogP contribution in [0.2, 0.25) is 5.02 Å². The van der Waals surface area contributed by atoms with Gasteiger partial charge in [-0.3, -0.25) is 9.69 Å². The first-order chi connectivity index (χ1) is 19.4. The summed E-state index contributed by atoms with van der Waals surface area (Å²) in [5.41, 5.74) is 5.26. The maximum Gasteiger partial charge on any atom is 0.213 e. The van der Waals surface area contributed by atoms with Gasteiger partial charge in [-0.15, -0.1) is 0 Å². The molecule has 40 heavy (non-hydrogen) atoms. The smallest absolute Gasteiger partial charge is 0.213 e. The third-order valence-electron chi connectivity index (χ3n) is 7.79. The van der Waals surface area contributed by atoms with E-state index in [4.69, 9.17) is 26.1 Å². The molecule has 1 aromatic heterocycles. The molecule has 3 heterocycles. The van der Waals surface area contributed by atoms with E-state index in [0.717, 1.165) is 74.4 Å². The van der Waals surface area contributed by atoms with Gasteiger partial charge in [-0.2, -0.15) is 0 Å². The Morgan fingerprint density at radius 3 is 2.75 bits per heavy atom. The third-order valence-corrected chi connectivity index (χ3v) is 8.02. The zero-order valence-electron chi connectivity index (χ0n) is 22.8. The standard InChI is InChI=1S/C32H35ClFN3O3/c1-22-6-7-24(19-38)16-31(22)37(28-12-15-39-21-28)23(2)18-36-13-10-25(11-14-36)30-4-3-5-32(35-30)40-20-26-8-9-27(33)17-29(26)34/h3-9,16-17,19,25,28H,2,10-15,18,20-21H2,1H3. The topological polar surface area (TPSA) is 54.9 Å². The van der Waals surface area contributed by atoms with Crippen LogP contribution in [0.25, 0.3) is 0 Å². The Labute approximate surface area is 240 Å². The number of nitrogens with zero attached hydrogens (tertiary/aromatic N) is 3. The number of ether oxygens (including phenoxy) is 2. The first-order valence-corrected chi connectivity index (χ1v) is 14.2. The van der Waals surface area contributed by atoms with Crippen LogP contribution in [0.15, 0.2) is 66.9 Å². The van der Waals surface area contributed by atoms with Crippen LogP contribution in [0, 0.1) is 12.7 Å². The van der Waals surface area contributed by atoms with Crippen molar-refractivity contribution in [3.63, 3.8) is 0 Å². The number of benzene rings is 2. The Morgan fingerprint density at radius 2 is 2.02 bits per heavy atom. The summed E-state index contributed by atoms with van der Waals surface area (Å²) in [6.07, 6.45) is 3.77. The number of hydrogen-bond acceptors (Lipinski definition) is 6. The minimum absolute atomic E-state index is 0.0950. The fraction of sp³-hybridized carbons (Fsp3) is 0.375. The van der Waals surface area contributed by atoms with Gasteiger partial charge in [0.2, 0.25) is 5.88 Å². The van der Waals surface area contributed by atoms with Gasteiger partial charge in [-0.05, 0) is 69.1 Å². The fourth-order valence-corrected chi connectivity index (χ4v) is 5.72. The first-order valence-electron chi connectivity index (χ1n) is 13.8. The number of rotatable bonds is 10. The summed E-state index contributed by atoms with van der Waals surface area (Å²) in [6, 6.07) is 16.4. The predicted octanol–water partition coefficient (Wildman–Crippen LogP) is 6.56. The number of pyridine rings is 1. The molecule has 2 fully saturated rings. The first kappa shape index (κ1) is 28.3. The van der Waals surface area contributed by atoms with Crippen molar-refractivity contribution in [3.05, 3.63) is 100 Å².